The number of hydrogen-bond acceptors (Lipinski definition) is 28. The third-order valence-electron chi connectivity index (χ3n) is 12.0. The highest BCUT2D eigenvalue weighted by Crippen LogP contribution is 2.32. The number of alkyl carbamates (subject to hydrolysis) is 1. The fourth-order valence-corrected chi connectivity index (χ4v) is 8.21. The summed E-state index contributed by atoms with van der Waals surface area (Å²) in [7, 11) is 0. The minimum absolute atomic E-state index is 0.129. The van der Waals surface area contributed by atoms with Crippen LogP contribution in [0.25, 0.3) is 0 Å². The van der Waals surface area contributed by atoms with Crippen LogP contribution in [0.2, 0.25) is 0 Å². The summed E-state index contributed by atoms with van der Waals surface area (Å²) < 4.78 is 53.2. The van der Waals surface area contributed by atoms with Gasteiger partial charge >= 0.3 is 6.09 Å². The van der Waals surface area contributed by atoms with Crippen molar-refractivity contribution in [3.63, 3.8) is 0 Å². The molecular weight excluding hydrogens is 962 g/mol. The summed E-state index contributed by atoms with van der Waals surface area (Å²) in [6, 6.07) is -0.795. The van der Waals surface area contributed by atoms with Crippen LogP contribution in [0.4, 0.5) is 4.79 Å². The maximum atomic E-state index is 12.7. The molecule has 0 spiro atoms. The zero-order valence-electron chi connectivity index (χ0n) is 38.9. The van der Waals surface area contributed by atoms with Gasteiger partial charge in [0.25, 0.3) is 0 Å². The summed E-state index contributed by atoms with van der Waals surface area (Å²) in [5.74, 6) is 0. The van der Waals surface area contributed by atoms with E-state index in [0.29, 0.717) is 11.4 Å². The molecular formula is C40H67N7O24. The van der Waals surface area contributed by atoms with Crippen molar-refractivity contribution in [2.45, 2.75) is 181 Å². The Labute approximate surface area is 404 Å². The normalized spacial score (nSPS) is 38.1. The third kappa shape index (κ3) is 14.3. The Morgan fingerprint density at radius 1 is 0.563 bits per heavy atom. The highest BCUT2D eigenvalue weighted by Gasteiger charge is 2.52. The minimum atomic E-state index is -1.82. The van der Waals surface area contributed by atoms with Gasteiger partial charge in [0.15, 0.2) is 12.6 Å². The number of ether oxygens (including phenoxy) is 9. The molecule has 4 aliphatic rings. The summed E-state index contributed by atoms with van der Waals surface area (Å²) >= 11 is 0. The molecule has 0 unspecified atom stereocenters. The van der Waals surface area contributed by atoms with Crippen LogP contribution in [-0.4, -0.2) is 281 Å². The van der Waals surface area contributed by atoms with Gasteiger partial charge in [-0.15, -0.1) is 10.2 Å². The van der Waals surface area contributed by atoms with E-state index in [1.807, 2.05) is 0 Å². The Morgan fingerprint density at radius 3 is 1.31 bits per heavy atom. The highest BCUT2D eigenvalue weighted by molar-refractivity contribution is 5.68. The van der Waals surface area contributed by atoms with Crippen LogP contribution in [0, 0.1) is 0 Å². The average Bonchev–Trinajstić information content (AvgIpc) is 3.99. The lowest BCUT2D eigenvalue weighted by atomic mass is 9.94. The predicted molar refractivity (Wildman–Crippen MR) is 225 cm³/mol. The summed E-state index contributed by atoms with van der Waals surface area (Å²) in [6.07, 6.45) is -29.0. The van der Waals surface area contributed by atoms with Gasteiger partial charge in [-0.05, 0) is 20.8 Å². The first kappa shape index (κ1) is 57.0. The Balaban J connectivity index is 0.983. The first-order chi connectivity index (χ1) is 33.7. The number of hydrogen-bond donors (Lipinski definition) is 15. The second kappa shape index (κ2) is 25.3. The molecule has 31 heteroatoms. The van der Waals surface area contributed by atoms with E-state index in [1.165, 1.54) is 21.8 Å². The molecule has 0 aromatic carbocycles. The van der Waals surface area contributed by atoms with Crippen molar-refractivity contribution in [1.29, 1.82) is 0 Å². The quantitative estimate of drug-likeness (QED) is 0.0552. The molecule has 406 valence electrons. The van der Waals surface area contributed by atoms with Crippen LogP contribution in [0.15, 0.2) is 12.4 Å². The molecule has 0 bridgehead atoms. The SMILES string of the molecule is CC(C)(C)OC(=O)NC(COCc1cn(C[C@@H]2O[C@H](CO)[C@@H](O[C@@H]3O[C@H](CO)[C@H](O)[C@H](O)[C@H]3O)[C@H](O)[C@H]2O)nn1)COCc1cn(C[C@@H]2O[C@H](CO)[C@@H](O[C@@H]3O[C@H](CO)[C@H](O)[C@H](O)[C@H]3O)[C@H](O)[C@H]2O)nn1. The van der Waals surface area contributed by atoms with Gasteiger partial charge in [-0.1, -0.05) is 10.4 Å². The molecule has 0 radical (unpaired) electrons. The van der Waals surface area contributed by atoms with E-state index in [0.717, 1.165) is 0 Å². The summed E-state index contributed by atoms with van der Waals surface area (Å²) in [6.45, 7) is 1.24. The van der Waals surface area contributed by atoms with Crippen molar-refractivity contribution in [3.05, 3.63) is 23.8 Å². The Bertz CT molecular complexity index is 1810. The van der Waals surface area contributed by atoms with Crippen LogP contribution in [0.3, 0.4) is 0 Å². The molecule has 6 heterocycles. The largest absolute Gasteiger partial charge is 0.444 e. The van der Waals surface area contributed by atoms with E-state index < -0.39 is 167 Å². The van der Waals surface area contributed by atoms with Gasteiger partial charge in [-0.25, -0.2) is 14.2 Å². The van der Waals surface area contributed by atoms with E-state index in [9.17, 15) is 76.3 Å². The lowest BCUT2D eigenvalue weighted by Crippen LogP contribution is -2.64. The lowest BCUT2D eigenvalue weighted by molar-refractivity contribution is -0.342. The smallest absolute Gasteiger partial charge is 0.408 e. The molecule has 0 aliphatic carbocycles. The van der Waals surface area contributed by atoms with Crippen molar-refractivity contribution < 1.29 is 119 Å². The van der Waals surface area contributed by atoms with Crippen molar-refractivity contribution >= 4 is 6.09 Å². The van der Waals surface area contributed by atoms with Crippen LogP contribution in [0.5, 0.6) is 0 Å². The molecule has 71 heavy (non-hydrogen) atoms. The Kier molecular flexibility index (Phi) is 20.3. The monoisotopic (exact) mass is 1030 g/mol. The number of aromatic nitrogens is 6. The van der Waals surface area contributed by atoms with Gasteiger partial charge < -0.3 is 119 Å². The molecule has 2 aromatic heterocycles. The average molecular weight is 1030 g/mol. The second-order valence-electron chi connectivity index (χ2n) is 18.6. The van der Waals surface area contributed by atoms with E-state index in [4.69, 9.17) is 42.6 Å². The summed E-state index contributed by atoms with van der Waals surface area (Å²) in [5.41, 5.74) is -0.238. The number of aliphatic hydroxyl groups excluding tert-OH is 14. The van der Waals surface area contributed by atoms with Gasteiger partial charge in [0.2, 0.25) is 0 Å². The number of carbonyl (C=O) groups is 1. The molecule has 31 nitrogen and oxygen atoms in total. The van der Waals surface area contributed by atoms with Crippen LogP contribution in [-0.2, 0) is 68.9 Å². The van der Waals surface area contributed by atoms with Gasteiger partial charge in [0, 0.05) is 0 Å². The predicted octanol–water partition coefficient (Wildman–Crippen LogP) is -9.17. The topological polar surface area (TPSA) is 457 Å². The van der Waals surface area contributed by atoms with E-state index in [2.05, 4.69) is 25.9 Å². The first-order valence-electron chi connectivity index (χ1n) is 22.8. The minimum Gasteiger partial charge on any atom is -0.444 e. The second-order valence-corrected chi connectivity index (χ2v) is 18.6. The van der Waals surface area contributed by atoms with Gasteiger partial charge in [-0.2, -0.15) is 0 Å². The zero-order chi connectivity index (χ0) is 51.9. The van der Waals surface area contributed by atoms with Crippen molar-refractivity contribution in [2.24, 2.45) is 0 Å². The molecule has 2 aromatic rings. The lowest BCUT2D eigenvalue weighted by Gasteiger charge is -2.46. The van der Waals surface area contributed by atoms with E-state index in [1.54, 1.807) is 20.8 Å². The first-order valence-corrected chi connectivity index (χ1v) is 22.8. The van der Waals surface area contributed by atoms with Crippen LogP contribution < -0.4 is 5.32 Å². The molecule has 4 saturated heterocycles. The van der Waals surface area contributed by atoms with Gasteiger partial charge in [0.05, 0.1) is 84.4 Å². The molecule has 4 aliphatic heterocycles. The third-order valence-corrected chi connectivity index (χ3v) is 12.0. The maximum absolute atomic E-state index is 12.7. The summed E-state index contributed by atoms with van der Waals surface area (Å²) in [5, 5.41) is 163. The number of aliphatic hydroxyl groups is 14. The van der Waals surface area contributed by atoms with E-state index >= 15 is 0 Å². The van der Waals surface area contributed by atoms with Gasteiger partial charge in [-0.3, -0.25) is 0 Å². The van der Waals surface area contributed by atoms with Crippen LogP contribution in [0.1, 0.15) is 32.2 Å². The van der Waals surface area contributed by atoms with Crippen molar-refractivity contribution in [1.82, 2.24) is 35.3 Å². The number of nitrogens with one attached hydrogen (secondary N) is 1. The Hall–Kier alpha value is -3.33. The number of nitrogens with zero attached hydrogens (tertiary/aromatic N) is 6. The standard InChI is InChI=1S/C40H67N7O24/c1-40(2,3)71-39(62)41-18(14-63-12-16-4-46(44-42-16)6-19-25(52)31(58)35(23(10-50)65-19)69-37-33(60)29(56)27(54)21(8-48)67-37)15-64-13-17-5-47(45-43-17)7-20-26(53)32(59)36(24(11-51)66-20)70-38-34(61)30(57)28(55)22(9-49)68-38/h4-5,18-38,48-61H,6-15H2,1-3H3,(H,41,62)/t19-,20-,21+,22+,23+,24+,25-,26-,27-,28-,29-,30-,31+,32+,33+,34+,35+,36+,37-,38-/m0/s1. The molecule has 15 N–H and O–H groups in total. The zero-order valence-corrected chi connectivity index (χ0v) is 38.9. The fourth-order valence-electron chi connectivity index (χ4n) is 8.21. The molecule has 6 rings (SSSR count). The van der Waals surface area contributed by atoms with Crippen molar-refractivity contribution in [2.75, 3.05) is 39.6 Å². The van der Waals surface area contributed by atoms with Gasteiger partial charge in [0.1, 0.15) is 127 Å². The number of carbonyl (C=O) groups excluding carboxylic acids is 1. The number of rotatable bonds is 21. The molecule has 1 amide bonds. The highest BCUT2D eigenvalue weighted by atomic mass is 16.7. The molecule has 4 fully saturated rings. The van der Waals surface area contributed by atoms with Crippen LogP contribution >= 0.6 is 0 Å². The van der Waals surface area contributed by atoms with Crippen molar-refractivity contribution in [3.8, 4) is 0 Å². The molecule has 0 saturated carbocycles. The maximum Gasteiger partial charge on any atom is 0.408 e. The number of amides is 1. The molecule has 20 atom stereocenters. The summed E-state index contributed by atoms with van der Waals surface area (Å²) in [4.78, 5) is 12.7. The fraction of sp³-hybridized carbons (Fsp3) is 0.875. The Morgan fingerprint density at radius 2 is 0.944 bits per heavy atom. The van der Waals surface area contributed by atoms with E-state index in [-0.39, 0.29) is 39.5 Å².